The van der Waals surface area contributed by atoms with Crippen LogP contribution in [0.2, 0.25) is 0 Å². The van der Waals surface area contributed by atoms with Crippen molar-refractivity contribution in [2.24, 2.45) is 0 Å². The molecule has 0 bridgehead atoms. The van der Waals surface area contributed by atoms with Crippen molar-refractivity contribution in [1.82, 2.24) is 0 Å². The number of carboxylic acids is 1. The van der Waals surface area contributed by atoms with Gasteiger partial charge in [0.25, 0.3) is 0 Å². The van der Waals surface area contributed by atoms with Crippen molar-refractivity contribution in [3.05, 3.63) is 12.2 Å². The molecule has 0 aromatic rings. The molecule has 0 saturated heterocycles. The normalized spacial score (nSPS) is 12.5. The number of aliphatic carboxylic acids is 1. The van der Waals surface area contributed by atoms with Crippen LogP contribution in [0.3, 0.4) is 0 Å². The summed E-state index contributed by atoms with van der Waals surface area (Å²) < 4.78 is 0. The van der Waals surface area contributed by atoms with Crippen LogP contribution in [0.5, 0.6) is 0 Å². The van der Waals surface area contributed by atoms with Crippen molar-refractivity contribution in [3.8, 4) is 0 Å². The third kappa shape index (κ3) is 4.56. The molecule has 0 aromatic carbocycles. The molecule has 0 aromatic heterocycles. The number of rotatable bonds is 5. The van der Waals surface area contributed by atoms with Gasteiger partial charge in [0.1, 0.15) is 0 Å². The van der Waals surface area contributed by atoms with Gasteiger partial charge in [-0.05, 0) is 19.3 Å². The molecule has 0 heterocycles. The monoisotopic (exact) mass is 158 g/mol. The molecule has 3 heteroatoms. The molecule has 0 aliphatic heterocycles. The van der Waals surface area contributed by atoms with Gasteiger partial charge in [-0.3, -0.25) is 0 Å². The van der Waals surface area contributed by atoms with Gasteiger partial charge in [0.15, 0.2) is 0 Å². The quantitative estimate of drug-likeness (QED) is 0.590. The molecule has 1 atom stereocenters. The van der Waals surface area contributed by atoms with E-state index in [1.807, 2.05) is 6.92 Å². The van der Waals surface area contributed by atoms with E-state index in [2.05, 4.69) is 6.58 Å². The molecule has 0 aliphatic carbocycles. The zero-order valence-corrected chi connectivity index (χ0v) is 6.71. The van der Waals surface area contributed by atoms with Gasteiger partial charge in [-0.25, -0.2) is 4.79 Å². The first-order valence-corrected chi connectivity index (χ1v) is 3.67. The van der Waals surface area contributed by atoms with Crippen molar-refractivity contribution in [3.63, 3.8) is 0 Å². The standard InChI is InChI=1S/C8H14O3/c1-3-7(9)5-4-6(2)8(10)11/h7,9H,2-5H2,1H3,(H,10,11)/t7-/m0/s1. The van der Waals surface area contributed by atoms with Crippen molar-refractivity contribution in [2.75, 3.05) is 0 Å². The second-order valence-electron chi connectivity index (χ2n) is 2.51. The van der Waals surface area contributed by atoms with Crippen LogP contribution in [-0.4, -0.2) is 22.3 Å². The average molecular weight is 158 g/mol. The van der Waals surface area contributed by atoms with E-state index >= 15 is 0 Å². The minimum atomic E-state index is -0.978. The maximum atomic E-state index is 10.2. The van der Waals surface area contributed by atoms with E-state index in [0.717, 1.165) is 0 Å². The Kier molecular flexibility index (Phi) is 4.54. The predicted molar refractivity (Wildman–Crippen MR) is 42.3 cm³/mol. The molecule has 0 spiro atoms. The van der Waals surface area contributed by atoms with Crippen LogP contribution < -0.4 is 0 Å². The first kappa shape index (κ1) is 10.2. The molecule has 0 rings (SSSR count). The summed E-state index contributed by atoms with van der Waals surface area (Å²) in [5.41, 5.74) is 0.164. The van der Waals surface area contributed by atoms with E-state index in [9.17, 15) is 4.79 Å². The van der Waals surface area contributed by atoms with Crippen molar-refractivity contribution >= 4 is 5.97 Å². The average Bonchev–Trinajstić information content (AvgIpc) is 1.99. The maximum absolute atomic E-state index is 10.2. The molecular formula is C8H14O3. The predicted octanol–water partition coefficient (Wildman–Crippen LogP) is 1.18. The molecule has 0 unspecified atom stereocenters. The summed E-state index contributed by atoms with van der Waals surface area (Å²) in [5, 5.41) is 17.4. The lowest BCUT2D eigenvalue weighted by atomic mass is 10.1. The SMILES string of the molecule is C=C(CC[C@@H](O)CC)C(=O)O. The highest BCUT2D eigenvalue weighted by Crippen LogP contribution is 2.07. The lowest BCUT2D eigenvalue weighted by Crippen LogP contribution is -2.07. The van der Waals surface area contributed by atoms with Crippen LogP contribution >= 0.6 is 0 Å². The third-order valence-electron chi connectivity index (χ3n) is 1.55. The van der Waals surface area contributed by atoms with Gasteiger partial charge in [-0.15, -0.1) is 0 Å². The highest BCUT2D eigenvalue weighted by Gasteiger charge is 2.06. The summed E-state index contributed by atoms with van der Waals surface area (Å²) in [6.07, 6.45) is 1.12. The van der Waals surface area contributed by atoms with Crippen LogP contribution in [0.25, 0.3) is 0 Å². The van der Waals surface area contributed by atoms with Gasteiger partial charge in [0, 0.05) is 5.57 Å². The number of aliphatic hydroxyl groups excluding tert-OH is 1. The van der Waals surface area contributed by atoms with Crippen LogP contribution in [-0.2, 0) is 4.79 Å². The lowest BCUT2D eigenvalue weighted by Gasteiger charge is -2.05. The highest BCUT2D eigenvalue weighted by molar-refractivity contribution is 5.85. The maximum Gasteiger partial charge on any atom is 0.330 e. The van der Waals surface area contributed by atoms with Crippen LogP contribution in [0, 0.1) is 0 Å². The van der Waals surface area contributed by atoms with Gasteiger partial charge >= 0.3 is 5.97 Å². The Hall–Kier alpha value is -0.830. The minimum Gasteiger partial charge on any atom is -0.478 e. The second kappa shape index (κ2) is 4.91. The van der Waals surface area contributed by atoms with E-state index < -0.39 is 12.1 Å². The van der Waals surface area contributed by atoms with Gasteiger partial charge in [-0.2, -0.15) is 0 Å². The topological polar surface area (TPSA) is 57.5 Å². The summed E-state index contributed by atoms with van der Waals surface area (Å²) in [6.45, 7) is 5.21. The molecule has 0 radical (unpaired) electrons. The minimum absolute atomic E-state index is 0.164. The number of aliphatic hydroxyl groups is 1. The summed E-state index contributed by atoms with van der Waals surface area (Å²) in [5.74, 6) is -0.978. The Labute approximate surface area is 66.4 Å². The summed E-state index contributed by atoms with van der Waals surface area (Å²) >= 11 is 0. The van der Waals surface area contributed by atoms with Gasteiger partial charge in [0.05, 0.1) is 6.10 Å². The lowest BCUT2D eigenvalue weighted by molar-refractivity contribution is -0.132. The summed E-state index contributed by atoms with van der Waals surface area (Å²) in [4.78, 5) is 10.2. The third-order valence-corrected chi connectivity index (χ3v) is 1.55. The Morgan fingerprint density at radius 3 is 2.55 bits per heavy atom. The van der Waals surface area contributed by atoms with Gasteiger partial charge in [0.2, 0.25) is 0 Å². The highest BCUT2D eigenvalue weighted by atomic mass is 16.4. The fraction of sp³-hybridized carbons (Fsp3) is 0.625. The Morgan fingerprint density at radius 1 is 1.64 bits per heavy atom. The zero-order valence-electron chi connectivity index (χ0n) is 6.71. The molecule has 0 saturated carbocycles. The zero-order chi connectivity index (χ0) is 8.85. The number of hydrogen-bond acceptors (Lipinski definition) is 2. The molecular weight excluding hydrogens is 144 g/mol. The van der Waals surface area contributed by atoms with E-state index in [4.69, 9.17) is 10.2 Å². The molecule has 0 amide bonds. The van der Waals surface area contributed by atoms with Crippen molar-refractivity contribution in [1.29, 1.82) is 0 Å². The smallest absolute Gasteiger partial charge is 0.330 e. The number of carbonyl (C=O) groups is 1. The molecule has 0 aliphatic rings. The van der Waals surface area contributed by atoms with E-state index in [1.165, 1.54) is 0 Å². The fourth-order valence-electron chi connectivity index (χ4n) is 0.652. The summed E-state index contributed by atoms with van der Waals surface area (Å²) in [7, 11) is 0. The fourth-order valence-corrected chi connectivity index (χ4v) is 0.652. The molecule has 11 heavy (non-hydrogen) atoms. The first-order chi connectivity index (χ1) is 5.07. The molecule has 0 fully saturated rings. The van der Waals surface area contributed by atoms with Crippen LogP contribution in [0.4, 0.5) is 0 Å². The molecule has 2 N–H and O–H groups in total. The summed E-state index contributed by atoms with van der Waals surface area (Å²) in [6, 6.07) is 0. The van der Waals surface area contributed by atoms with Crippen molar-refractivity contribution in [2.45, 2.75) is 32.3 Å². The molecule has 64 valence electrons. The van der Waals surface area contributed by atoms with Crippen LogP contribution in [0.1, 0.15) is 26.2 Å². The Balaban J connectivity index is 3.54. The number of hydrogen-bond donors (Lipinski definition) is 2. The van der Waals surface area contributed by atoms with E-state index in [1.54, 1.807) is 0 Å². The first-order valence-electron chi connectivity index (χ1n) is 3.67. The Morgan fingerprint density at radius 2 is 2.18 bits per heavy atom. The second-order valence-corrected chi connectivity index (χ2v) is 2.51. The van der Waals surface area contributed by atoms with E-state index in [-0.39, 0.29) is 5.57 Å². The molecule has 3 nitrogen and oxygen atoms in total. The Bertz CT molecular complexity index is 151. The largest absolute Gasteiger partial charge is 0.478 e. The van der Waals surface area contributed by atoms with Gasteiger partial charge < -0.3 is 10.2 Å². The van der Waals surface area contributed by atoms with Gasteiger partial charge in [-0.1, -0.05) is 13.5 Å². The van der Waals surface area contributed by atoms with Crippen LogP contribution in [0.15, 0.2) is 12.2 Å². The number of carboxylic acid groups (broad SMARTS) is 1. The van der Waals surface area contributed by atoms with Crippen molar-refractivity contribution < 1.29 is 15.0 Å². The van der Waals surface area contributed by atoms with E-state index in [0.29, 0.717) is 19.3 Å².